The number of ether oxygens (including phenoxy) is 1. The molecule has 1 unspecified atom stereocenters. The first kappa shape index (κ1) is 17.9. The van der Waals surface area contributed by atoms with E-state index in [0.717, 1.165) is 32.1 Å². The molecule has 0 radical (unpaired) electrons. The number of rotatable bonds is 4. The van der Waals surface area contributed by atoms with Gasteiger partial charge in [0.2, 0.25) is 11.9 Å². The van der Waals surface area contributed by atoms with Gasteiger partial charge in [0, 0.05) is 6.04 Å². The molecule has 1 aliphatic heterocycles. The highest BCUT2D eigenvalue weighted by molar-refractivity contribution is 5.91. The van der Waals surface area contributed by atoms with Crippen molar-refractivity contribution in [2.75, 3.05) is 5.32 Å². The molecule has 2 aromatic heterocycles. The molecular weight excluding hydrogens is 342 g/mol. The molecule has 7 nitrogen and oxygen atoms in total. The minimum absolute atomic E-state index is 0.105. The number of hydrogen-bond acceptors (Lipinski definition) is 5. The maximum Gasteiger partial charge on any atom is 0.229 e. The second-order valence-corrected chi connectivity index (χ2v) is 8.58. The lowest BCUT2D eigenvalue weighted by Gasteiger charge is -2.29. The Morgan fingerprint density at radius 3 is 2.70 bits per heavy atom. The molecule has 0 spiro atoms. The number of aromatic nitrogens is 3. The third kappa shape index (κ3) is 3.42. The van der Waals surface area contributed by atoms with E-state index in [9.17, 15) is 4.79 Å². The third-order valence-electron chi connectivity index (χ3n) is 5.66. The predicted octanol–water partition coefficient (Wildman–Crippen LogP) is 3.70. The van der Waals surface area contributed by atoms with Crippen LogP contribution in [0.5, 0.6) is 0 Å². The number of amides is 1. The lowest BCUT2D eigenvalue weighted by molar-refractivity contribution is -0.126. The van der Waals surface area contributed by atoms with Crippen molar-refractivity contribution in [2.45, 2.75) is 76.5 Å². The fourth-order valence-corrected chi connectivity index (χ4v) is 4.08. The van der Waals surface area contributed by atoms with E-state index in [1.165, 1.54) is 0 Å². The molecular formula is C20H25N5O2. The number of pyridine rings is 1. The van der Waals surface area contributed by atoms with Gasteiger partial charge >= 0.3 is 0 Å². The Morgan fingerprint density at radius 2 is 2.11 bits per heavy atom. The lowest BCUT2D eigenvalue weighted by Crippen LogP contribution is -2.34. The zero-order valence-corrected chi connectivity index (χ0v) is 16.1. The highest BCUT2D eigenvalue weighted by atomic mass is 16.5. The van der Waals surface area contributed by atoms with Crippen LogP contribution in [0.1, 0.15) is 71.0 Å². The van der Waals surface area contributed by atoms with Gasteiger partial charge in [-0.15, -0.1) is 0 Å². The summed E-state index contributed by atoms with van der Waals surface area (Å²) in [6, 6.07) is 5.79. The van der Waals surface area contributed by atoms with E-state index in [-0.39, 0.29) is 17.6 Å². The van der Waals surface area contributed by atoms with Gasteiger partial charge < -0.3 is 4.74 Å². The molecule has 0 aromatic carbocycles. The van der Waals surface area contributed by atoms with Crippen molar-refractivity contribution in [1.29, 1.82) is 5.26 Å². The van der Waals surface area contributed by atoms with Gasteiger partial charge in [-0.1, -0.05) is 0 Å². The molecule has 1 N–H and O–H groups in total. The molecule has 142 valence electrons. The zero-order chi connectivity index (χ0) is 19.2. The van der Waals surface area contributed by atoms with E-state index >= 15 is 0 Å². The number of nitrogens with one attached hydrogen (secondary N) is 1. The molecule has 3 heterocycles. The van der Waals surface area contributed by atoms with Crippen molar-refractivity contribution in [3.05, 3.63) is 17.8 Å². The van der Waals surface area contributed by atoms with E-state index in [1.807, 2.05) is 11.5 Å². The summed E-state index contributed by atoms with van der Waals surface area (Å²) in [4.78, 5) is 21.7. The molecule has 7 heteroatoms. The molecule has 1 aliphatic carbocycles. The molecule has 1 atom stereocenters. The summed E-state index contributed by atoms with van der Waals surface area (Å²) in [5.74, 6) is 0.412. The van der Waals surface area contributed by atoms with Crippen molar-refractivity contribution >= 4 is 23.0 Å². The van der Waals surface area contributed by atoms with Gasteiger partial charge in [-0.05, 0) is 65.0 Å². The summed E-state index contributed by atoms with van der Waals surface area (Å²) in [6.07, 6.45) is 5.30. The fraction of sp³-hybridized carbons (Fsp3) is 0.600. The average molecular weight is 367 g/mol. The molecule has 2 fully saturated rings. The van der Waals surface area contributed by atoms with Crippen LogP contribution in [0.4, 0.5) is 5.95 Å². The number of carbonyl (C=O) groups is 1. The quantitative estimate of drug-likeness (QED) is 0.889. The van der Waals surface area contributed by atoms with Crippen molar-refractivity contribution in [3.63, 3.8) is 0 Å². The summed E-state index contributed by atoms with van der Waals surface area (Å²) < 4.78 is 8.09. The van der Waals surface area contributed by atoms with Crippen LogP contribution in [-0.2, 0) is 9.53 Å². The molecule has 1 saturated heterocycles. The van der Waals surface area contributed by atoms with Gasteiger partial charge in [-0.25, -0.2) is 9.97 Å². The Hall–Kier alpha value is -2.46. The predicted molar refractivity (Wildman–Crippen MR) is 101 cm³/mol. The number of anilines is 1. The van der Waals surface area contributed by atoms with Gasteiger partial charge in [-0.3, -0.25) is 14.7 Å². The SMILES string of the molecule is CC1(C)CCC(C)(CC(=O)Nc2nc3ccc(C#N)nc3n2C2CCC2)O1. The van der Waals surface area contributed by atoms with Crippen LogP contribution >= 0.6 is 0 Å². The first-order chi connectivity index (χ1) is 12.8. The van der Waals surface area contributed by atoms with Crippen LogP contribution in [-0.4, -0.2) is 31.6 Å². The van der Waals surface area contributed by atoms with E-state index in [4.69, 9.17) is 10.00 Å². The van der Waals surface area contributed by atoms with Gasteiger partial charge in [0.15, 0.2) is 5.65 Å². The number of hydrogen-bond donors (Lipinski definition) is 1. The second kappa shape index (κ2) is 6.31. The third-order valence-corrected chi connectivity index (χ3v) is 5.66. The Balaban J connectivity index is 1.60. The Labute approximate surface area is 158 Å². The number of nitriles is 1. The average Bonchev–Trinajstić information content (AvgIpc) is 3.02. The molecule has 2 aliphatic rings. The monoisotopic (exact) mass is 367 g/mol. The Bertz CT molecular complexity index is 938. The first-order valence-electron chi connectivity index (χ1n) is 9.58. The largest absolute Gasteiger partial charge is 0.369 e. The van der Waals surface area contributed by atoms with Crippen LogP contribution in [0.3, 0.4) is 0 Å². The normalized spacial score (nSPS) is 24.5. The van der Waals surface area contributed by atoms with Crippen molar-refractivity contribution in [2.24, 2.45) is 0 Å². The highest BCUT2D eigenvalue weighted by Crippen LogP contribution is 2.40. The van der Waals surface area contributed by atoms with Gasteiger partial charge in [0.25, 0.3) is 0 Å². The fourth-order valence-electron chi connectivity index (χ4n) is 4.08. The summed E-state index contributed by atoms with van der Waals surface area (Å²) in [5.41, 5.74) is 1.08. The molecule has 0 bridgehead atoms. The summed E-state index contributed by atoms with van der Waals surface area (Å²) >= 11 is 0. The first-order valence-corrected chi connectivity index (χ1v) is 9.58. The van der Waals surface area contributed by atoms with Crippen molar-refractivity contribution < 1.29 is 9.53 Å². The number of imidazole rings is 1. The van der Waals surface area contributed by atoms with Crippen LogP contribution in [0, 0.1) is 11.3 Å². The number of nitrogens with zero attached hydrogens (tertiary/aromatic N) is 4. The number of fused-ring (bicyclic) bond motifs is 1. The molecule has 1 amide bonds. The smallest absolute Gasteiger partial charge is 0.229 e. The molecule has 1 saturated carbocycles. The van der Waals surface area contributed by atoms with Gasteiger partial charge in [0.05, 0.1) is 17.6 Å². The Kier molecular flexibility index (Phi) is 4.19. The Morgan fingerprint density at radius 1 is 1.33 bits per heavy atom. The summed E-state index contributed by atoms with van der Waals surface area (Å²) in [6.45, 7) is 6.12. The molecule has 27 heavy (non-hydrogen) atoms. The van der Waals surface area contributed by atoms with Crippen molar-refractivity contribution in [1.82, 2.24) is 14.5 Å². The van der Waals surface area contributed by atoms with Crippen LogP contribution in [0.15, 0.2) is 12.1 Å². The van der Waals surface area contributed by atoms with E-state index in [0.29, 0.717) is 29.2 Å². The molecule has 2 aromatic rings. The summed E-state index contributed by atoms with van der Waals surface area (Å²) in [7, 11) is 0. The maximum absolute atomic E-state index is 12.7. The minimum Gasteiger partial charge on any atom is -0.369 e. The minimum atomic E-state index is -0.451. The second-order valence-electron chi connectivity index (χ2n) is 8.58. The maximum atomic E-state index is 12.7. The van der Waals surface area contributed by atoms with E-state index in [2.05, 4.69) is 35.2 Å². The lowest BCUT2D eigenvalue weighted by atomic mass is 9.93. The van der Waals surface area contributed by atoms with Crippen LogP contribution < -0.4 is 5.32 Å². The zero-order valence-electron chi connectivity index (χ0n) is 16.1. The highest BCUT2D eigenvalue weighted by Gasteiger charge is 2.42. The van der Waals surface area contributed by atoms with Crippen LogP contribution in [0.2, 0.25) is 0 Å². The van der Waals surface area contributed by atoms with E-state index in [1.54, 1.807) is 12.1 Å². The standard InChI is InChI=1S/C20H25N5O2/c1-19(2)9-10-20(3,27-19)11-16(26)24-18-23-15-8-7-13(12-21)22-17(15)25(18)14-5-4-6-14/h7-8,14H,4-6,9-11H2,1-3H3,(H,23,24,26). The number of carbonyl (C=O) groups excluding carboxylic acids is 1. The van der Waals surface area contributed by atoms with E-state index < -0.39 is 5.60 Å². The van der Waals surface area contributed by atoms with Crippen LogP contribution in [0.25, 0.3) is 11.2 Å². The van der Waals surface area contributed by atoms with Crippen molar-refractivity contribution in [3.8, 4) is 6.07 Å². The summed E-state index contributed by atoms with van der Waals surface area (Å²) in [5, 5.41) is 12.1. The topological polar surface area (TPSA) is 92.8 Å². The van der Waals surface area contributed by atoms with Gasteiger partial charge in [-0.2, -0.15) is 5.26 Å². The van der Waals surface area contributed by atoms with Gasteiger partial charge in [0.1, 0.15) is 17.3 Å². The molecule has 4 rings (SSSR count).